The molecule has 2 aromatic carbocycles. The van der Waals surface area contributed by atoms with Gasteiger partial charge in [-0.15, -0.1) is 0 Å². The molecule has 0 bridgehead atoms. The average molecular weight is 355 g/mol. The largest absolute Gasteiger partial charge is 0.424 e. The number of rotatable bonds is 4. The van der Waals surface area contributed by atoms with Gasteiger partial charge in [0.1, 0.15) is 5.75 Å². The van der Waals surface area contributed by atoms with Crippen LogP contribution in [0.4, 0.5) is 14.5 Å². The first-order valence-corrected chi connectivity index (χ1v) is 7.77. The Hall–Kier alpha value is -3.35. The van der Waals surface area contributed by atoms with E-state index in [-0.39, 0.29) is 11.6 Å². The van der Waals surface area contributed by atoms with E-state index in [1.165, 1.54) is 6.07 Å². The maximum atomic E-state index is 13.2. The number of hydrogen-bond donors (Lipinski definition) is 1. The fourth-order valence-electron chi connectivity index (χ4n) is 2.29. The molecule has 7 heteroatoms. The van der Waals surface area contributed by atoms with Crippen LogP contribution in [0.3, 0.4) is 0 Å². The van der Waals surface area contributed by atoms with E-state index in [2.05, 4.69) is 15.3 Å². The standard InChI is InChI=1S/C19H15F2N3O2/c1-11-9-12(2)23-19(22-11)26-15-6-4-14(5-7-15)24-18(25)13-3-8-16(20)17(21)10-13/h3-10H,1-2H3,(H,24,25). The second kappa shape index (κ2) is 7.26. The van der Waals surface area contributed by atoms with Crippen molar-refractivity contribution in [3.8, 4) is 11.8 Å². The number of aromatic nitrogens is 2. The van der Waals surface area contributed by atoms with E-state index in [4.69, 9.17) is 4.74 Å². The second-order valence-corrected chi connectivity index (χ2v) is 5.64. The molecule has 0 saturated carbocycles. The van der Waals surface area contributed by atoms with Gasteiger partial charge in [0, 0.05) is 22.6 Å². The number of carbonyl (C=O) groups excluding carboxylic acids is 1. The summed E-state index contributed by atoms with van der Waals surface area (Å²) in [7, 11) is 0. The first-order valence-electron chi connectivity index (χ1n) is 7.77. The van der Waals surface area contributed by atoms with Crippen LogP contribution >= 0.6 is 0 Å². The summed E-state index contributed by atoms with van der Waals surface area (Å²) in [6.45, 7) is 3.69. The van der Waals surface area contributed by atoms with Gasteiger partial charge in [-0.3, -0.25) is 4.79 Å². The van der Waals surface area contributed by atoms with Crippen LogP contribution in [-0.2, 0) is 0 Å². The number of nitrogens with one attached hydrogen (secondary N) is 1. The van der Waals surface area contributed by atoms with Gasteiger partial charge < -0.3 is 10.1 Å². The molecule has 0 atom stereocenters. The Morgan fingerprint density at radius 1 is 0.923 bits per heavy atom. The highest BCUT2D eigenvalue weighted by molar-refractivity contribution is 6.04. The van der Waals surface area contributed by atoms with E-state index < -0.39 is 17.5 Å². The van der Waals surface area contributed by atoms with E-state index in [1.807, 2.05) is 19.9 Å². The van der Waals surface area contributed by atoms with Gasteiger partial charge >= 0.3 is 6.01 Å². The molecule has 3 aromatic rings. The lowest BCUT2D eigenvalue weighted by Crippen LogP contribution is -2.12. The van der Waals surface area contributed by atoms with E-state index in [9.17, 15) is 13.6 Å². The van der Waals surface area contributed by atoms with Crippen LogP contribution in [0.25, 0.3) is 0 Å². The van der Waals surface area contributed by atoms with Crippen molar-refractivity contribution in [3.05, 3.63) is 77.1 Å². The Kier molecular flexibility index (Phi) is 4.88. The van der Waals surface area contributed by atoms with E-state index in [0.29, 0.717) is 11.4 Å². The predicted molar refractivity (Wildman–Crippen MR) is 92.3 cm³/mol. The number of carbonyl (C=O) groups is 1. The Bertz CT molecular complexity index is 939. The topological polar surface area (TPSA) is 64.1 Å². The van der Waals surface area contributed by atoms with Crippen molar-refractivity contribution in [2.24, 2.45) is 0 Å². The summed E-state index contributed by atoms with van der Waals surface area (Å²) in [4.78, 5) is 20.4. The molecule has 0 spiro atoms. The molecule has 0 saturated heterocycles. The number of hydrogen-bond acceptors (Lipinski definition) is 4. The highest BCUT2D eigenvalue weighted by atomic mass is 19.2. The molecule has 0 unspecified atom stereocenters. The first-order chi connectivity index (χ1) is 12.4. The molecule has 0 fully saturated rings. The average Bonchev–Trinajstić information content (AvgIpc) is 2.58. The van der Waals surface area contributed by atoms with Crippen LogP contribution in [0.1, 0.15) is 21.7 Å². The van der Waals surface area contributed by atoms with Crippen molar-refractivity contribution in [1.82, 2.24) is 9.97 Å². The molecule has 26 heavy (non-hydrogen) atoms. The normalized spacial score (nSPS) is 10.5. The fraction of sp³-hybridized carbons (Fsp3) is 0.105. The molecule has 0 radical (unpaired) electrons. The summed E-state index contributed by atoms with van der Waals surface area (Å²) in [5, 5.41) is 2.60. The highest BCUT2D eigenvalue weighted by Gasteiger charge is 2.10. The van der Waals surface area contributed by atoms with Gasteiger partial charge in [0.05, 0.1) is 0 Å². The SMILES string of the molecule is Cc1cc(C)nc(Oc2ccc(NC(=O)c3ccc(F)c(F)c3)cc2)n1. The summed E-state index contributed by atoms with van der Waals surface area (Å²) in [5.41, 5.74) is 2.09. The van der Waals surface area contributed by atoms with Crippen molar-refractivity contribution in [2.75, 3.05) is 5.32 Å². The molecule has 3 rings (SSSR count). The van der Waals surface area contributed by atoms with Crippen LogP contribution in [-0.4, -0.2) is 15.9 Å². The minimum Gasteiger partial charge on any atom is -0.424 e. The minimum atomic E-state index is -1.07. The number of anilines is 1. The number of ether oxygens (including phenoxy) is 1. The molecular formula is C19H15F2N3O2. The van der Waals surface area contributed by atoms with Crippen molar-refractivity contribution < 1.29 is 18.3 Å². The van der Waals surface area contributed by atoms with E-state index in [1.54, 1.807) is 24.3 Å². The molecule has 0 aliphatic rings. The highest BCUT2D eigenvalue weighted by Crippen LogP contribution is 2.21. The zero-order chi connectivity index (χ0) is 18.7. The van der Waals surface area contributed by atoms with Crippen molar-refractivity contribution in [1.29, 1.82) is 0 Å². The Labute approximate surface area is 148 Å². The predicted octanol–water partition coefficient (Wildman–Crippen LogP) is 4.42. The Balaban J connectivity index is 1.69. The molecular weight excluding hydrogens is 340 g/mol. The maximum absolute atomic E-state index is 13.2. The van der Waals surface area contributed by atoms with Crippen LogP contribution in [0.2, 0.25) is 0 Å². The lowest BCUT2D eigenvalue weighted by Gasteiger charge is -2.08. The lowest BCUT2D eigenvalue weighted by atomic mass is 10.2. The molecule has 1 amide bonds. The summed E-state index contributed by atoms with van der Waals surface area (Å²) in [5.74, 6) is -2.12. The number of halogens is 2. The maximum Gasteiger partial charge on any atom is 0.322 e. The van der Waals surface area contributed by atoms with E-state index in [0.717, 1.165) is 23.5 Å². The van der Waals surface area contributed by atoms with Gasteiger partial charge in [-0.25, -0.2) is 18.7 Å². The van der Waals surface area contributed by atoms with Crippen LogP contribution in [0.15, 0.2) is 48.5 Å². The molecule has 1 N–H and O–H groups in total. The monoisotopic (exact) mass is 355 g/mol. The Morgan fingerprint density at radius 3 is 2.19 bits per heavy atom. The van der Waals surface area contributed by atoms with Crippen molar-refractivity contribution in [3.63, 3.8) is 0 Å². The molecule has 132 valence electrons. The quantitative estimate of drug-likeness (QED) is 0.753. The van der Waals surface area contributed by atoms with E-state index >= 15 is 0 Å². The molecule has 1 heterocycles. The smallest absolute Gasteiger partial charge is 0.322 e. The number of aryl methyl sites for hydroxylation is 2. The van der Waals surface area contributed by atoms with Crippen molar-refractivity contribution in [2.45, 2.75) is 13.8 Å². The summed E-state index contributed by atoms with van der Waals surface area (Å²) < 4.78 is 31.7. The van der Waals surface area contributed by atoms with Gasteiger partial charge in [0.2, 0.25) is 0 Å². The second-order valence-electron chi connectivity index (χ2n) is 5.64. The number of nitrogens with zero attached hydrogens (tertiary/aromatic N) is 2. The lowest BCUT2D eigenvalue weighted by molar-refractivity contribution is 0.102. The van der Waals surface area contributed by atoms with Gasteiger partial charge in [-0.05, 0) is 62.4 Å². The van der Waals surface area contributed by atoms with Crippen molar-refractivity contribution >= 4 is 11.6 Å². The number of amides is 1. The summed E-state index contributed by atoms with van der Waals surface area (Å²) in [6.07, 6.45) is 0. The third-order valence-corrected chi connectivity index (χ3v) is 3.46. The van der Waals surface area contributed by atoms with Gasteiger partial charge in [0.15, 0.2) is 11.6 Å². The van der Waals surface area contributed by atoms with Crippen LogP contribution in [0, 0.1) is 25.5 Å². The fourth-order valence-corrected chi connectivity index (χ4v) is 2.29. The summed E-state index contributed by atoms with van der Waals surface area (Å²) >= 11 is 0. The molecule has 1 aromatic heterocycles. The van der Waals surface area contributed by atoms with Crippen LogP contribution < -0.4 is 10.1 Å². The molecule has 5 nitrogen and oxygen atoms in total. The molecule has 0 aliphatic heterocycles. The Morgan fingerprint density at radius 2 is 1.58 bits per heavy atom. The minimum absolute atomic E-state index is 0.0212. The third-order valence-electron chi connectivity index (χ3n) is 3.46. The summed E-state index contributed by atoms with van der Waals surface area (Å²) in [6, 6.07) is 11.6. The van der Waals surface area contributed by atoms with Gasteiger partial charge in [-0.1, -0.05) is 0 Å². The van der Waals surface area contributed by atoms with Gasteiger partial charge in [-0.2, -0.15) is 0 Å². The third kappa shape index (κ3) is 4.18. The zero-order valence-corrected chi connectivity index (χ0v) is 14.1. The zero-order valence-electron chi connectivity index (χ0n) is 14.1. The molecule has 0 aliphatic carbocycles. The first kappa shape index (κ1) is 17.5. The number of benzene rings is 2. The van der Waals surface area contributed by atoms with Gasteiger partial charge in [0.25, 0.3) is 5.91 Å². The van der Waals surface area contributed by atoms with Crippen LogP contribution in [0.5, 0.6) is 11.8 Å².